The molecule has 0 aromatic heterocycles. The number of nitrogens with one attached hydrogen (secondary N) is 3. The fraction of sp³-hybridized carbons (Fsp3) is 0.500. The van der Waals surface area contributed by atoms with E-state index in [0.29, 0.717) is 6.54 Å². The maximum atomic E-state index is 12.1. The maximum absolute atomic E-state index is 12.1. The second-order valence-electron chi connectivity index (χ2n) is 5.37. The van der Waals surface area contributed by atoms with E-state index in [2.05, 4.69) is 16.0 Å². The van der Waals surface area contributed by atoms with Crippen molar-refractivity contribution in [3.63, 3.8) is 0 Å². The number of anilines is 1. The largest absolute Gasteiger partial charge is 0.480 e. The molecule has 0 radical (unpaired) electrons. The maximum Gasteiger partial charge on any atom is 0.321 e. The van der Waals surface area contributed by atoms with Crippen molar-refractivity contribution in [1.82, 2.24) is 10.6 Å². The SMILES string of the molecule is CNCCCN[C@H](CC(=O)Nc1cc(C)ccc1C)C(=O)O. The molecule has 22 heavy (non-hydrogen) atoms. The summed E-state index contributed by atoms with van der Waals surface area (Å²) in [4.78, 5) is 23.3. The quantitative estimate of drug-likeness (QED) is 0.516. The van der Waals surface area contributed by atoms with E-state index in [1.165, 1.54) is 0 Å². The Labute approximate surface area is 131 Å². The predicted molar refractivity (Wildman–Crippen MR) is 87.1 cm³/mol. The number of hydrogen-bond donors (Lipinski definition) is 4. The first-order chi connectivity index (χ1) is 10.4. The predicted octanol–water partition coefficient (Wildman–Crippen LogP) is 1.28. The Morgan fingerprint density at radius 1 is 1.23 bits per heavy atom. The van der Waals surface area contributed by atoms with Crippen LogP contribution >= 0.6 is 0 Å². The van der Waals surface area contributed by atoms with Crippen LogP contribution < -0.4 is 16.0 Å². The summed E-state index contributed by atoms with van der Waals surface area (Å²) in [6.45, 7) is 5.20. The minimum absolute atomic E-state index is 0.0950. The Morgan fingerprint density at radius 2 is 1.95 bits per heavy atom. The van der Waals surface area contributed by atoms with Gasteiger partial charge >= 0.3 is 5.97 Å². The highest BCUT2D eigenvalue weighted by Gasteiger charge is 2.20. The van der Waals surface area contributed by atoms with Crippen molar-refractivity contribution in [3.8, 4) is 0 Å². The molecule has 0 saturated heterocycles. The molecule has 0 aliphatic carbocycles. The molecule has 0 heterocycles. The summed E-state index contributed by atoms with van der Waals surface area (Å²) in [5.41, 5.74) is 2.72. The molecule has 122 valence electrons. The Morgan fingerprint density at radius 3 is 2.59 bits per heavy atom. The van der Waals surface area contributed by atoms with Gasteiger partial charge in [0, 0.05) is 5.69 Å². The van der Waals surface area contributed by atoms with Gasteiger partial charge in [0.1, 0.15) is 6.04 Å². The van der Waals surface area contributed by atoms with Gasteiger partial charge in [0.05, 0.1) is 6.42 Å². The molecular formula is C16H25N3O3. The first-order valence-electron chi connectivity index (χ1n) is 7.42. The molecule has 6 nitrogen and oxygen atoms in total. The van der Waals surface area contributed by atoms with Crippen LogP contribution in [0.1, 0.15) is 24.0 Å². The lowest BCUT2D eigenvalue weighted by atomic mass is 10.1. The topological polar surface area (TPSA) is 90.5 Å². The second kappa shape index (κ2) is 9.17. The van der Waals surface area contributed by atoms with Crippen molar-refractivity contribution in [3.05, 3.63) is 29.3 Å². The van der Waals surface area contributed by atoms with Crippen LogP contribution in [0.25, 0.3) is 0 Å². The summed E-state index contributed by atoms with van der Waals surface area (Å²) in [6.07, 6.45) is 0.709. The summed E-state index contributed by atoms with van der Waals surface area (Å²) in [5, 5.41) is 17.9. The van der Waals surface area contributed by atoms with Crippen LogP contribution in [0, 0.1) is 13.8 Å². The summed E-state index contributed by atoms with van der Waals surface area (Å²) in [5.74, 6) is -1.32. The summed E-state index contributed by atoms with van der Waals surface area (Å²) in [7, 11) is 1.84. The zero-order valence-corrected chi connectivity index (χ0v) is 13.4. The van der Waals surface area contributed by atoms with Gasteiger partial charge in [-0.15, -0.1) is 0 Å². The van der Waals surface area contributed by atoms with Crippen molar-refractivity contribution in [2.75, 3.05) is 25.5 Å². The Bertz CT molecular complexity index is 517. The van der Waals surface area contributed by atoms with Crippen molar-refractivity contribution in [2.45, 2.75) is 32.7 Å². The average Bonchev–Trinajstić information content (AvgIpc) is 2.46. The summed E-state index contributed by atoms with van der Waals surface area (Å²) >= 11 is 0. The van der Waals surface area contributed by atoms with Crippen LogP contribution in [-0.2, 0) is 9.59 Å². The molecular weight excluding hydrogens is 282 g/mol. The molecule has 1 rings (SSSR count). The molecule has 1 amide bonds. The molecule has 4 N–H and O–H groups in total. The number of hydrogen-bond acceptors (Lipinski definition) is 4. The first-order valence-corrected chi connectivity index (χ1v) is 7.42. The number of rotatable bonds is 9. The van der Waals surface area contributed by atoms with Crippen LogP contribution in [-0.4, -0.2) is 43.2 Å². The minimum atomic E-state index is -1.01. The molecule has 0 aliphatic heterocycles. The number of amides is 1. The molecule has 0 aliphatic rings. The van der Waals surface area contributed by atoms with Gasteiger partial charge in [0.15, 0.2) is 0 Å². The van der Waals surface area contributed by atoms with Crippen LogP contribution in [0.3, 0.4) is 0 Å². The Hall–Kier alpha value is -1.92. The molecule has 1 aromatic carbocycles. The van der Waals surface area contributed by atoms with Crippen molar-refractivity contribution in [2.24, 2.45) is 0 Å². The third kappa shape index (κ3) is 6.24. The summed E-state index contributed by atoms with van der Waals surface area (Å²) < 4.78 is 0. The number of carboxylic acids is 1. The van der Waals surface area contributed by atoms with Crippen molar-refractivity contribution < 1.29 is 14.7 Å². The molecule has 0 spiro atoms. The van der Waals surface area contributed by atoms with E-state index in [0.717, 1.165) is 29.8 Å². The van der Waals surface area contributed by atoms with E-state index in [1.54, 1.807) is 0 Å². The molecule has 0 fully saturated rings. The number of aryl methyl sites for hydroxylation is 2. The minimum Gasteiger partial charge on any atom is -0.480 e. The number of carbonyl (C=O) groups excluding carboxylic acids is 1. The van der Waals surface area contributed by atoms with Gasteiger partial charge in [-0.1, -0.05) is 12.1 Å². The molecule has 1 aromatic rings. The average molecular weight is 307 g/mol. The zero-order chi connectivity index (χ0) is 16.5. The number of benzene rings is 1. The van der Waals surface area contributed by atoms with Gasteiger partial charge in [-0.25, -0.2) is 0 Å². The summed E-state index contributed by atoms with van der Waals surface area (Å²) in [6, 6.07) is 4.90. The number of carbonyl (C=O) groups is 2. The van der Waals surface area contributed by atoms with Gasteiger partial charge in [-0.2, -0.15) is 0 Å². The second-order valence-corrected chi connectivity index (χ2v) is 5.37. The van der Waals surface area contributed by atoms with Crippen molar-refractivity contribution in [1.29, 1.82) is 0 Å². The van der Waals surface area contributed by atoms with E-state index >= 15 is 0 Å². The highest BCUT2D eigenvalue weighted by molar-refractivity contribution is 5.94. The third-order valence-corrected chi connectivity index (χ3v) is 3.35. The van der Waals surface area contributed by atoms with Gasteiger partial charge in [0.2, 0.25) is 5.91 Å². The normalized spacial score (nSPS) is 12.0. The van der Waals surface area contributed by atoms with E-state index in [-0.39, 0.29) is 12.3 Å². The fourth-order valence-electron chi connectivity index (χ4n) is 2.05. The lowest BCUT2D eigenvalue weighted by Gasteiger charge is -2.15. The van der Waals surface area contributed by atoms with Crippen LogP contribution in [0.2, 0.25) is 0 Å². The number of carboxylic acid groups (broad SMARTS) is 1. The molecule has 0 saturated carbocycles. The van der Waals surface area contributed by atoms with Gasteiger partial charge < -0.3 is 21.1 Å². The Balaban J connectivity index is 2.56. The number of aliphatic carboxylic acids is 1. The molecule has 0 unspecified atom stereocenters. The van der Waals surface area contributed by atoms with E-state index < -0.39 is 12.0 Å². The van der Waals surface area contributed by atoms with Gasteiger partial charge in [-0.05, 0) is 57.6 Å². The van der Waals surface area contributed by atoms with E-state index in [4.69, 9.17) is 0 Å². The fourth-order valence-corrected chi connectivity index (χ4v) is 2.05. The van der Waals surface area contributed by atoms with Gasteiger partial charge in [0.25, 0.3) is 0 Å². The standard InChI is InChI=1S/C16H25N3O3/c1-11-5-6-12(2)13(9-11)19-15(20)10-14(16(21)22)18-8-4-7-17-3/h5-6,9,14,17-18H,4,7-8,10H2,1-3H3,(H,19,20)(H,21,22)/t14-/m1/s1. The molecule has 0 bridgehead atoms. The molecule has 6 heteroatoms. The molecule has 1 atom stereocenters. The third-order valence-electron chi connectivity index (χ3n) is 3.35. The monoisotopic (exact) mass is 307 g/mol. The lowest BCUT2D eigenvalue weighted by molar-refractivity contribution is -0.141. The van der Waals surface area contributed by atoms with E-state index in [1.807, 2.05) is 39.1 Å². The first kappa shape index (κ1) is 18.1. The smallest absolute Gasteiger partial charge is 0.321 e. The zero-order valence-electron chi connectivity index (χ0n) is 13.4. The van der Waals surface area contributed by atoms with Crippen molar-refractivity contribution >= 4 is 17.6 Å². The highest BCUT2D eigenvalue weighted by Crippen LogP contribution is 2.16. The van der Waals surface area contributed by atoms with Crippen LogP contribution in [0.5, 0.6) is 0 Å². The van der Waals surface area contributed by atoms with Gasteiger partial charge in [-0.3, -0.25) is 9.59 Å². The Kier molecular flexibility index (Phi) is 7.56. The highest BCUT2D eigenvalue weighted by atomic mass is 16.4. The lowest BCUT2D eigenvalue weighted by Crippen LogP contribution is -2.40. The van der Waals surface area contributed by atoms with Crippen LogP contribution in [0.4, 0.5) is 5.69 Å². The van der Waals surface area contributed by atoms with Crippen LogP contribution in [0.15, 0.2) is 18.2 Å². The van der Waals surface area contributed by atoms with E-state index in [9.17, 15) is 14.7 Å².